The maximum atomic E-state index is 13.0. The van der Waals surface area contributed by atoms with Crippen molar-refractivity contribution >= 4 is 45.5 Å². The summed E-state index contributed by atoms with van der Waals surface area (Å²) in [5.41, 5.74) is 1.67. The second kappa shape index (κ2) is 5.79. The van der Waals surface area contributed by atoms with Gasteiger partial charge < -0.3 is 5.32 Å². The zero-order valence-corrected chi connectivity index (χ0v) is 12.6. The molecule has 18 heavy (non-hydrogen) atoms. The van der Waals surface area contributed by atoms with Crippen LogP contribution < -0.4 is 5.32 Å². The molecule has 0 saturated heterocycles. The molecule has 1 heterocycles. The van der Waals surface area contributed by atoms with Gasteiger partial charge in [-0.3, -0.25) is 4.79 Å². The van der Waals surface area contributed by atoms with Crippen molar-refractivity contribution in [3.05, 3.63) is 49.5 Å². The van der Waals surface area contributed by atoms with E-state index >= 15 is 0 Å². The number of benzene rings is 1. The molecule has 5 heteroatoms. The summed E-state index contributed by atoms with van der Waals surface area (Å²) in [7, 11) is 0. The summed E-state index contributed by atoms with van der Waals surface area (Å²) in [5.74, 6) is -0.436. The quantitative estimate of drug-likeness (QED) is 0.797. The third kappa shape index (κ3) is 2.89. The van der Waals surface area contributed by atoms with E-state index in [4.69, 9.17) is 0 Å². The van der Waals surface area contributed by atoms with E-state index in [0.29, 0.717) is 9.26 Å². The van der Waals surface area contributed by atoms with Gasteiger partial charge in [0, 0.05) is 3.57 Å². The highest BCUT2D eigenvalue weighted by molar-refractivity contribution is 14.1. The third-order valence-corrected chi connectivity index (χ3v) is 4.36. The monoisotopic (exact) mass is 375 g/mol. The highest BCUT2D eigenvalue weighted by Crippen LogP contribution is 2.22. The molecule has 94 valence electrons. The lowest BCUT2D eigenvalue weighted by Gasteiger charge is -2.07. The first-order valence-corrected chi connectivity index (χ1v) is 7.40. The largest absolute Gasteiger partial charge is 0.320 e. The summed E-state index contributed by atoms with van der Waals surface area (Å²) in [6.07, 6.45) is 0.826. The average Bonchev–Trinajstić information content (AvgIpc) is 2.81. The third-order valence-electron chi connectivity index (χ3n) is 2.51. The summed E-state index contributed by atoms with van der Waals surface area (Å²) in [6, 6.07) is 6.27. The van der Waals surface area contributed by atoms with Gasteiger partial charge >= 0.3 is 0 Å². The van der Waals surface area contributed by atoms with E-state index in [1.54, 1.807) is 6.07 Å². The first-order chi connectivity index (χ1) is 8.61. The normalized spacial score (nSPS) is 10.4. The zero-order valence-electron chi connectivity index (χ0n) is 9.67. The van der Waals surface area contributed by atoms with Crippen LogP contribution in [0.25, 0.3) is 0 Å². The van der Waals surface area contributed by atoms with Crippen LogP contribution in [0.5, 0.6) is 0 Å². The number of amides is 1. The molecule has 0 aliphatic carbocycles. The van der Waals surface area contributed by atoms with Gasteiger partial charge in [-0.15, -0.1) is 11.3 Å². The predicted octanol–water partition coefficient (Wildman–Crippen LogP) is 4.31. The number of thiophene rings is 1. The van der Waals surface area contributed by atoms with Crippen LogP contribution >= 0.6 is 33.9 Å². The van der Waals surface area contributed by atoms with E-state index in [9.17, 15) is 9.18 Å². The Hall–Kier alpha value is -0.950. The second-order valence-electron chi connectivity index (χ2n) is 3.71. The molecule has 0 atom stereocenters. The van der Waals surface area contributed by atoms with Crippen LogP contribution in [-0.4, -0.2) is 5.91 Å². The fraction of sp³-hybridized carbons (Fsp3) is 0.154. The van der Waals surface area contributed by atoms with Crippen LogP contribution in [0, 0.1) is 9.39 Å². The van der Waals surface area contributed by atoms with Crippen molar-refractivity contribution in [1.82, 2.24) is 0 Å². The lowest BCUT2D eigenvalue weighted by atomic mass is 10.2. The Balaban J connectivity index is 2.21. The van der Waals surface area contributed by atoms with Crippen LogP contribution in [0.1, 0.15) is 22.2 Å². The van der Waals surface area contributed by atoms with Crippen LogP contribution in [0.2, 0.25) is 0 Å². The summed E-state index contributed by atoms with van der Waals surface area (Å²) < 4.78 is 13.7. The van der Waals surface area contributed by atoms with Crippen LogP contribution in [0.3, 0.4) is 0 Å². The van der Waals surface area contributed by atoms with E-state index in [-0.39, 0.29) is 11.7 Å². The summed E-state index contributed by atoms with van der Waals surface area (Å²) in [4.78, 5) is 12.8. The SMILES string of the molecule is CCc1ccsc1C(=O)Nc1ccc(F)cc1I. The molecule has 2 nitrogen and oxygen atoms in total. The molecule has 1 aromatic carbocycles. The Bertz CT molecular complexity index is 582. The van der Waals surface area contributed by atoms with Crippen molar-refractivity contribution in [1.29, 1.82) is 0 Å². The van der Waals surface area contributed by atoms with Gasteiger partial charge in [0.15, 0.2) is 0 Å². The Morgan fingerprint density at radius 3 is 2.89 bits per heavy atom. The molecule has 0 bridgehead atoms. The van der Waals surface area contributed by atoms with Crippen LogP contribution in [0.4, 0.5) is 10.1 Å². The van der Waals surface area contributed by atoms with Gasteiger partial charge in [0.05, 0.1) is 10.6 Å². The molecule has 0 radical (unpaired) electrons. The van der Waals surface area contributed by atoms with Gasteiger partial charge in [-0.25, -0.2) is 4.39 Å². The van der Waals surface area contributed by atoms with E-state index in [1.807, 2.05) is 41.0 Å². The summed E-state index contributed by atoms with van der Waals surface area (Å²) in [6.45, 7) is 2.01. The van der Waals surface area contributed by atoms with Crippen molar-refractivity contribution in [3.63, 3.8) is 0 Å². The molecule has 1 aromatic heterocycles. The molecule has 0 spiro atoms. The molecule has 2 aromatic rings. The minimum Gasteiger partial charge on any atom is -0.320 e. The lowest BCUT2D eigenvalue weighted by molar-refractivity contribution is 0.102. The van der Waals surface area contributed by atoms with Gasteiger partial charge in [-0.2, -0.15) is 0 Å². The smallest absolute Gasteiger partial charge is 0.266 e. The van der Waals surface area contributed by atoms with E-state index < -0.39 is 0 Å². The molecule has 2 rings (SSSR count). The van der Waals surface area contributed by atoms with Gasteiger partial charge in [0.1, 0.15) is 5.82 Å². The van der Waals surface area contributed by atoms with Crippen molar-refractivity contribution in [2.75, 3.05) is 5.32 Å². The second-order valence-corrected chi connectivity index (χ2v) is 5.79. The minimum atomic E-state index is -0.303. The Morgan fingerprint density at radius 2 is 2.22 bits per heavy atom. The van der Waals surface area contributed by atoms with Crippen LogP contribution in [-0.2, 0) is 6.42 Å². The Labute approximate surface area is 122 Å². The highest BCUT2D eigenvalue weighted by atomic mass is 127. The maximum Gasteiger partial charge on any atom is 0.266 e. The van der Waals surface area contributed by atoms with Crippen molar-refractivity contribution in [2.24, 2.45) is 0 Å². The number of carbonyl (C=O) groups is 1. The molecule has 1 amide bonds. The molecule has 0 fully saturated rings. The maximum absolute atomic E-state index is 13.0. The molecule has 0 aliphatic rings. The van der Waals surface area contributed by atoms with E-state index in [0.717, 1.165) is 16.9 Å². The number of rotatable bonds is 3. The fourth-order valence-corrected chi connectivity index (χ4v) is 3.09. The first-order valence-electron chi connectivity index (χ1n) is 5.44. The number of anilines is 1. The Morgan fingerprint density at radius 1 is 1.44 bits per heavy atom. The number of nitrogens with one attached hydrogen (secondary N) is 1. The van der Waals surface area contributed by atoms with E-state index in [2.05, 4.69) is 5.32 Å². The van der Waals surface area contributed by atoms with Gasteiger partial charge in [0.25, 0.3) is 5.91 Å². The fourth-order valence-electron chi connectivity index (χ4n) is 1.58. The van der Waals surface area contributed by atoms with Gasteiger partial charge in [-0.05, 0) is 64.2 Å². The molecule has 0 aliphatic heterocycles. The number of hydrogen-bond acceptors (Lipinski definition) is 2. The molecule has 0 unspecified atom stereocenters. The average molecular weight is 375 g/mol. The summed E-state index contributed by atoms with van der Waals surface area (Å²) >= 11 is 3.43. The predicted molar refractivity (Wildman–Crippen MR) is 80.8 cm³/mol. The van der Waals surface area contributed by atoms with Crippen molar-refractivity contribution in [2.45, 2.75) is 13.3 Å². The number of carbonyl (C=O) groups excluding carboxylic acids is 1. The molecule has 0 saturated carbocycles. The topological polar surface area (TPSA) is 29.1 Å². The number of hydrogen-bond donors (Lipinski definition) is 1. The Kier molecular flexibility index (Phi) is 4.34. The van der Waals surface area contributed by atoms with Crippen molar-refractivity contribution in [3.8, 4) is 0 Å². The van der Waals surface area contributed by atoms with Gasteiger partial charge in [-0.1, -0.05) is 6.92 Å². The first kappa shape index (κ1) is 13.5. The van der Waals surface area contributed by atoms with E-state index in [1.165, 1.54) is 23.5 Å². The standard InChI is InChI=1S/C13H11FINOS/c1-2-8-5-6-18-12(8)13(17)16-11-4-3-9(14)7-10(11)15/h3-7H,2H2,1H3,(H,16,17). The molecular formula is C13H11FINOS. The number of halogens is 2. The highest BCUT2D eigenvalue weighted by Gasteiger charge is 2.13. The van der Waals surface area contributed by atoms with Gasteiger partial charge in [0.2, 0.25) is 0 Å². The lowest BCUT2D eigenvalue weighted by Crippen LogP contribution is -2.13. The minimum absolute atomic E-state index is 0.133. The zero-order chi connectivity index (χ0) is 13.1. The van der Waals surface area contributed by atoms with Crippen molar-refractivity contribution < 1.29 is 9.18 Å². The van der Waals surface area contributed by atoms with Crippen LogP contribution in [0.15, 0.2) is 29.6 Å². The number of aryl methyl sites for hydroxylation is 1. The summed E-state index contributed by atoms with van der Waals surface area (Å²) in [5, 5.41) is 4.72. The molecular weight excluding hydrogens is 364 g/mol. The molecule has 1 N–H and O–H groups in total.